The molecule has 0 saturated heterocycles. The Labute approximate surface area is 158 Å². The number of rotatable bonds is 5. The van der Waals surface area contributed by atoms with Crippen molar-refractivity contribution in [2.24, 2.45) is 0 Å². The van der Waals surface area contributed by atoms with E-state index in [0.717, 1.165) is 11.0 Å². The van der Waals surface area contributed by atoms with Crippen molar-refractivity contribution in [1.29, 1.82) is 0 Å². The number of nitrogens with zero attached hydrogens (tertiary/aromatic N) is 1. The van der Waals surface area contributed by atoms with E-state index in [-0.39, 0.29) is 11.5 Å². The second-order valence-electron chi connectivity index (χ2n) is 5.81. The number of hydrogen-bond donors (Lipinski definition) is 1. The van der Waals surface area contributed by atoms with Crippen LogP contribution in [-0.4, -0.2) is 16.1 Å². The second-order valence-corrected chi connectivity index (χ2v) is 8.32. The van der Waals surface area contributed by atoms with E-state index in [1.54, 1.807) is 23.2 Å². The molecule has 0 aliphatic rings. The third-order valence-corrected chi connectivity index (χ3v) is 5.15. The first kappa shape index (κ1) is 18.5. The maximum Gasteiger partial charge on any atom is 0.257 e. The van der Waals surface area contributed by atoms with Gasteiger partial charge < -0.3 is 0 Å². The van der Waals surface area contributed by atoms with E-state index in [9.17, 15) is 13.6 Å². The molecule has 0 bridgehead atoms. The predicted octanol–water partition coefficient (Wildman–Crippen LogP) is 5.84. The summed E-state index contributed by atoms with van der Waals surface area (Å²) >= 11 is 2.86. The van der Waals surface area contributed by atoms with E-state index in [2.05, 4.69) is 24.1 Å². The fourth-order valence-electron chi connectivity index (χ4n) is 2.30. The van der Waals surface area contributed by atoms with Crippen molar-refractivity contribution in [2.75, 3.05) is 5.32 Å². The van der Waals surface area contributed by atoms with E-state index < -0.39 is 11.6 Å². The van der Waals surface area contributed by atoms with Gasteiger partial charge in [0.05, 0.1) is 5.69 Å². The number of thiazole rings is 1. The van der Waals surface area contributed by atoms with Gasteiger partial charge in [0.2, 0.25) is 0 Å². The molecular formula is C19H16F2N2OS2. The molecule has 3 rings (SSSR count). The van der Waals surface area contributed by atoms with Crippen molar-refractivity contribution >= 4 is 34.1 Å². The molecule has 1 amide bonds. The Morgan fingerprint density at radius 2 is 2.00 bits per heavy atom. The summed E-state index contributed by atoms with van der Waals surface area (Å²) < 4.78 is 26.9. The number of hydrogen-bond acceptors (Lipinski definition) is 4. The summed E-state index contributed by atoms with van der Waals surface area (Å²) in [5.41, 5.74) is 1.07. The standard InChI is InChI=1S/C19H16F2N2OS2/c1-11(2)26-14-5-3-4-12(8-14)18(24)23-19-22-17(10-25-19)15-7-6-13(20)9-16(15)21/h3-11H,1-2H3,(H,22,23,24). The van der Waals surface area contributed by atoms with Crippen molar-refractivity contribution in [1.82, 2.24) is 4.98 Å². The number of aromatic nitrogens is 1. The lowest BCUT2D eigenvalue weighted by molar-refractivity contribution is 0.102. The number of anilines is 1. The predicted molar refractivity (Wildman–Crippen MR) is 103 cm³/mol. The van der Waals surface area contributed by atoms with Crippen LogP contribution < -0.4 is 5.32 Å². The summed E-state index contributed by atoms with van der Waals surface area (Å²) in [6.07, 6.45) is 0. The first-order chi connectivity index (χ1) is 12.4. The third-order valence-electron chi connectivity index (χ3n) is 3.40. The van der Waals surface area contributed by atoms with Crippen LogP contribution in [0.15, 0.2) is 52.7 Å². The Morgan fingerprint density at radius 1 is 1.19 bits per heavy atom. The molecule has 1 heterocycles. The van der Waals surface area contributed by atoms with Crippen molar-refractivity contribution in [3.63, 3.8) is 0 Å². The molecule has 26 heavy (non-hydrogen) atoms. The monoisotopic (exact) mass is 390 g/mol. The van der Waals surface area contributed by atoms with Gasteiger partial charge in [0.25, 0.3) is 5.91 Å². The number of benzene rings is 2. The van der Waals surface area contributed by atoms with Gasteiger partial charge in [-0.2, -0.15) is 0 Å². The molecule has 134 valence electrons. The zero-order valence-corrected chi connectivity index (χ0v) is 15.8. The molecule has 3 nitrogen and oxygen atoms in total. The zero-order chi connectivity index (χ0) is 18.7. The topological polar surface area (TPSA) is 42.0 Å². The Morgan fingerprint density at radius 3 is 2.73 bits per heavy atom. The van der Waals surface area contributed by atoms with Crippen LogP contribution in [0.25, 0.3) is 11.3 Å². The average molecular weight is 390 g/mol. The molecule has 0 radical (unpaired) electrons. The van der Waals surface area contributed by atoms with E-state index >= 15 is 0 Å². The number of nitrogens with one attached hydrogen (secondary N) is 1. The largest absolute Gasteiger partial charge is 0.298 e. The van der Waals surface area contributed by atoms with Crippen molar-refractivity contribution < 1.29 is 13.6 Å². The first-order valence-corrected chi connectivity index (χ1v) is 9.67. The fraction of sp³-hybridized carbons (Fsp3) is 0.158. The van der Waals surface area contributed by atoms with Gasteiger partial charge >= 0.3 is 0 Å². The van der Waals surface area contributed by atoms with Crippen molar-refractivity contribution in [3.8, 4) is 11.3 Å². The highest BCUT2D eigenvalue weighted by molar-refractivity contribution is 7.99. The summed E-state index contributed by atoms with van der Waals surface area (Å²) in [5.74, 6) is -1.61. The Kier molecular flexibility index (Phi) is 5.68. The van der Waals surface area contributed by atoms with Gasteiger partial charge in [-0.05, 0) is 30.3 Å². The molecule has 0 unspecified atom stereocenters. The maximum atomic E-state index is 13.9. The Balaban J connectivity index is 1.76. The molecule has 0 saturated carbocycles. The molecule has 0 spiro atoms. The first-order valence-electron chi connectivity index (χ1n) is 7.91. The van der Waals surface area contributed by atoms with Crippen LogP contribution in [0, 0.1) is 11.6 Å². The molecule has 1 aromatic heterocycles. The van der Waals surface area contributed by atoms with Crippen LogP contribution >= 0.6 is 23.1 Å². The Bertz CT molecular complexity index is 941. The summed E-state index contributed by atoms with van der Waals surface area (Å²) in [7, 11) is 0. The minimum atomic E-state index is -0.688. The van der Waals surface area contributed by atoms with Gasteiger partial charge in [-0.15, -0.1) is 23.1 Å². The van der Waals surface area contributed by atoms with Gasteiger partial charge in [0.1, 0.15) is 11.6 Å². The summed E-state index contributed by atoms with van der Waals surface area (Å²) in [5, 5.41) is 5.12. The van der Waals surface area contributed by atoms with Gasteiger partial charge in [0, 0.05) is 32.7 Å². The van der Waals surface area contributed by atoms with Crippen LogP contribution in [0.1, 0.15) is 24.2 Å². The SMILES string of the molecule is CC(C)Sc1cccc(C(=O)Nc2nc(-c3ccc(F)cc3F)cs2)c1. The highest BCUT2D eigenvalue weighted by Gasteiger charge is 2.13. The quantitative estimate of drug-likeness (QED) is 0.557. The number of halogens is 2. The van der Waals surface area contributed by atoms with E-state index in [1.165, 1.54) is 23.5 Å². The number of amides is 1. The van der Waals surface area contributed by atoms with E-state index in [0.29, 0.717) is 21.6 Å². The van der Waals surface area contributed by atoms with Gasteiger partial charge in [-0.3, -0.25) is 10.1 Å². The van der Waals surface area contributed by atoms with Crippen LogP contribution in [0.2, 0.25) is 0 Å². The average Bonchev–Trinajstić information content (AvgIpc) is 3.02. The summed E-state index contributed by atoms with van der Waals surface area (Å²) in [6.45, 7) is 4.17. The molecule has 7 heteroatoms. The molecular weight excluding hydrogens is 374 g/mol. The highest BCUT2D eigenvalue weighted by atomic mass is 32.2. The van der Waals surface area contributed by atoms with Crippen LogP contribution in [-0.2, 0) is 0 Å². The number of carbonyl (C=O) groups excluding carboxylic acids is 1. The highest BCUT2D eigenvalue weighted by Crippen LogP contribution is 2.28. The van der Waals surface area contributed by atoms with Crippen molar-refractivity contribution in [3.05, 3.63) is 65.0 Å². The van der Waals surface area contributed by atoms with Crippen molar-refractivity contribution in [2.45, 2.75) is 24.0 Å². The van der Waals surface area contributed by atoms with Crippen LogP contribution in [0.4, 0.5) is 13.9 Å². The minimum absolute atomic E-state index is 0.193. The molecule has 0 atom stereocenters. The van der Waals surface area contributed by atoms with Crippen LogP contribution in [0.3, 0.4) is 0 Å². The molecule has 0 fully saturated rings. The molecule has 1 N–H and O–H groups in total. The van der Waals surface area contributed by atoms with Gasteiger partial charge in [0.15, 0.2) is 5.13 Å². The lowest BCUT2D eigenvalue weighted by atomic mass is 10.1. The normalized spacial score (nSPS) is 11.0. The van der Waals surface area contributed by atoms with Gasteiger partial charge in [-0.1, -0.05) is 19.9 Å². The van der Waals surface area contributed by atoms with Crippen LogP contribution in [0.5, 0.6) is 0 Å². The lowest BCUT2D eigenvalue weighted by Crippen LogP contribution is -2.11. The fourth-order valence-corrected chi connectivity index (χ4v) is 3.91. The van der Waals surface area contributed by atoms with E-state index in [1.807, 2.05) is 18.2 Å². The number of thioether (sulfide) groups is 1. The molecule has 2 aromatic carbocycles. The smallest absolute Gasteiger partial charge is 0.257 e. The summed E-state index contributed by atoms with van der Waals surface area (Å²) in [6, 6.07) is 10.7. The second kappa shape index (κ2) is 7.97. The zero-order valence-electron chi connectivity index (χ0n) is 14.1. The maximum absolute atomic E-state index is 13.9. The summed E-state index contributed by atoms with van der Waals surface area (Å²) in [4.78, 5) is 17.7. The van der Waals surface area contributed by atoms with E-state index in [4.69, 9.17) is 0 Å². The molecule has 0 aliphatic heterocycles. The number of carbonyl (C=O) groups is 1. The lowest BCUT2D eigenvalue weighted by Gasteiger charge is -2.07. The third kappa shape index (κ3) is 4.47. The molecule has 0 aliphatic carbocycles. The molecule has 3 aromatic rings. The minimum Gasteiger partial charge on any atom is -0.298 e. The van der Waals surface area contributed by atoms with Gasteiger partial charge in [-0.25, -0.2) is 13.8 Å². The Hall–Kier alpha value is -2.25.